The third-order valence-corrected chi connectivity index (χ3v) is 6.88. The number of hydrogen-bond acceptors (Lipinski definition) is 4. The van der Waals surface area contributed by atoms with E-state index < -0.39 is 0 Å². The zero-order valence-corrected chi connectivity index (χ0v) is 20.4. The van der Waals surface area contributed by atoms with E-state index in [1.165, 1.54) is 0 Å². The molecule has 0 saturated carbocycles. The van der Waals surface area contributed by atoms with Crippen LogP contribution in [0.2, 0.25) is 0 Å². The summed E-state index contributed by atoms with van der Waals surface area (Å²) in [6.07, 6.45) is 2.23. The molecular formula is C27H35N5O3. The maximum atomic E-state index is 13.1. The number of carbonyl (C=O) groups is 3. The number of aryl methyl sites for hydroxylation is 1. The number of piperidine rings is 1. The van der Waals surface area contributed by atoms with E-state index in [2.05, 4.69) is 22.5 Å². The minimum Gasteiger partial charge on any atom is -0.340 e. The summed E-state index contributed by atoms with van der Waals surface area (Å²) in [5, 5.41) is 5.94. The van der Waals surface area contributed by atoms with Gasteiger partial charge in [0.15, 0.2) is 0 Å². The van der Waals surface area contributed by atoms with Gasteiger partial charge in [0, 0.05) is 56.6 Å². The highest BCUT2D eigenvalue weighted by Gasteiger charge is 2.32. The van der Waals surface area contributed by atoms with Gasteiger partial charge in [0.25, 0.3) is 0 Å². The molecule has 0 atom stereocenters. The molecule has 0 spiro atoms. The normalized spacial score (nSPS) is 17.2. The average molecular weight is 478 g/mol. The first kappa shape index (κ1) is 24.7. The molecule has 2 N–H and O–H groups in total. The molecule has 0 aliphatic carbocycles. The molecule has 35 heavy (non-hydrogen) atoms. The quantitative estimate of drug-likeness (QED) is 0.669. The van der Waals surface area contributed by atoms with E-state index in [1.54, 1.807) is 4.90 Å². The fraction of sp³-hybridized carbons (Fsp3) is 0.444. The van der Waals surface area contributed by atoms with Crippen LogP contribution < -0.4 is 10.6 Å². The number of nitrogens with zero attached hydrogens (tertiary/aromatic N) is 3. The van der Waals surface area contributed by atoms with Gasteiger partial charge in [-0.05, 0) is 43.0 Å². The van der Waals surface area contributed by atoms with Gasteiger partial charge in [-0.25, -0.2) is 4.79 Å². The van der Waals surface area contributed by atoms with Crippen LogP contribution in [-0.2, 0) is 16.0 Å². The average Bonchev–Trinajstić information content (AvgIpc) is 2.89. The number of anilines is 2. The number of piperazine rings is 1. The highest BCUT2D eigenvalue weighted by atomic mass is 16.2. The molecule has 8 heteroatoms. The standard InChI is InChI=1S/C27H35N5O3/c1-2-21-8-6-7-11-24(21)29-25(33)20-30-16-18-31(19-17-30)26(34)22-12-14-32(15-13-22)27(35)28-23-9-4-3-5-10-23/h3-11,22H,2,12-20H2,1H3,(H,28,35)(H,29,33). The maximum Gasteiger partial charge on any atom is 0.321 e. The van der Waals surface area contributed by atoms with Crippen molar-refractivity contribution in [3.8, 4) is 0 Å². The summed E-state index contributed by atoms with van der Waals surface area (Å²) < 4.78 is 0. The van der Waals surface area contributed by atoms with E-state index >= 15 is 0 Å². The molecule has 2 saturated heterocycles. The van der Waals surface area contributed by atoms with Gasteiger partial charge in [-0.15, -0.1) is 0 Å². The Labute approximate surface area is 207 Å². The summed E-state index contributed by atoms with van der Waals surface area (Å²) in [4.78, 5) is 43.9. The van der Waals surface area contributed by atoms with Gasteiger partial charge >= 0.3 is 6.03 Å². The molecule has 2 aliphatic heterocycles. The van der Waals surface area contributed by atoms with Crippen molar-refractivity contribution in [2.45, 2.75) is 26.2 Å². The molecule has 0 unspecified atom stereocenters. The molecule has 2 aliphatic rings. The lowest BCUT2D eigenvalue weighted by molar-refractivity contribution is -0.138. The van der Waals surface area contributed by atoms with Crippen molar-refractivity contribution < 1.29 is 14.4 Å². The maximum absolute atomic E-state index is 13.1. The second kappa shape index (κ2) is 11.8. The Hall–Kier alpha value is -3.39. The van der Waals surface area contributed by atoms with Crippen LogP contribution >= 0.6 is 0 Å². The Morgan fingerprint density at radius 2 is 1.46 bits per heavy atom. The van der Waals surface area contributed by atoms with Crippen LogP contribution in [-0.4, -0.2) is 78.4 Å². The van der Waals surface area contributed by atoms with Gasteiger partial charge in [-0.2, -0.15) is 0 Å². The molecule has 186 valence electrons. The molecule has 0 aromatic heterocycles. The first-order valence-electron chi connectivity index (χ1n) is 12.5. The van der Waals surface area contributed by atoms with Crippen LogP contribution in [0.4, 0.5) is 16.2 Å². The van der Waals surface area contributed by atoms with Crippen molar-refractivity contribution in [2.75, 3.05) is 56.4 Å². The van der Waals surface area contributed by atoms with Crippen molar-refractivity contribution in [3.05, 3.63) is 60.2 Å². The lowest BCUT2D eigenvalue weighted by Gasteiger charge is -2.38. The highest BCUT2D eigenvalue weighted by molar-refractivity contribution is 5.93. The Bertz CT molecular complexity index is 1010. The number of benzene rings is 2. The molecular weight excluding hydrogens is 442 g/mol. The largest absolute Gasteiger partial charge is 0.340 e. The number of nitrogens with one attached hydrogen (secondary N) is 2. The van der Waals surface area contributed by atoms with Gasteiger partial charge in [0.05, 0.1) is 6.54 Å². The monoisotopic (exact) mass is 477 g/mol. The topological polar surface area (TPSA) is 85.0 Å². The Morgan fingerprint density at radius 3 is 2.14 bits per heavy atom. The van der Waals surface area contributed by atoms with Crippen LogP contribution in [0.1, 0.15) is 25.3 Å². The van der Waals surface area contributed by atoms with Crippen LogP contribution in [0.25, 0.3) is 0 Å². The summed E-state index contributed by atoms with van der Waals surface area (Å²) in [5.74, 6) is 0.108. The lowest BCUT2D eigenvalue weighted by Crippen LogP contribution is -2.53. The fourth-order valence-electron chi connectivity index (χ4n) is 4.78. The van der Waals surface area contributed by atoms with Crippen LogP contribution in [0.15, 0.2) is 54.6 Å². The summed E-state index contributed by atoms with van der Waals surface area (Å²) >= 11 is 0. The van der Waals surface area contributed by atoms with Gasteiger partial charge in [0.2, 0.25) is 11.8 Å². The number of hydrogen-bond donors (Lipinski definition) is 2. The molecule has 2 aromatic carbocycles. The number of amides is 4. The van der Waals surface area contributed by atoms with Gasteiger partial charge in [0.1, 0.15) is 0 Å². The van der Waals surface area contributed by atoms with Crippen molar-refractivity contribution >= 4 is 29.2 Å². The van der Waals surface area contributed by atoms with Crippen LogP contribution in [0.3, 0.4) is 0 Å². The van der Waals surface area contributed by atoms with Crippen molar-refractivity contribution in [2.24, 2.45) is 5.92 Å². The highest BCUT2D eigenvalue weighted by Crippen LogP contribution is 2.22. The van der Waals surface area contributed by atoms with Crippen molar-refractivity contribution in [1.82, 2.24) is 14.7 Å². The fourth-order valence-corrected chi connectivity index (χ4v) is 4.78. The van der Waals surface area contributed by atoms with Crippen LogP contribution in [0, 0.1) is 5.92 Å². The first-order valence-corrected chi connectivity index (χ1v) is 12.5. The second-order valence-electron chi connectivity index (χ2n) is 9.22. The number of likely N-dealkylation sites (tertiary alicyclic amines) is 1. The molecule has 0 radical (unpaired) electrons. The number of carbonyl (C=O) groups excluding carboxylic acids is 3. The third kappa shape index (κ3) is 6.60. The van der Waals surface area contributed by atoms with E-state index in [0.29, 0.717) is 58.7 Å². The predicted octanol–water partition coefficient (Wildman–Crippen LogP) is 3.28. The lowest BCUT2D eigenvalue weighted by atomic mass is 9.95. The van der Waals surface area contributed by atoms with Gasteiger partial charge in [-0.1, -0.05) is 43.3 Å². The first-order chi connectivity index (χ1) is 17.0. The molecule has 2 aromatic rings. The Morgan fingerprint density at radius 1 is 0.800 bits per heavy atom. The van der Waals surface area contributed by atoms with E-state index in [0.717, 1.165) is 23.4 Å². The van der Waals surface area contributed by atoms with E-state index in [1.807, 2.05) is 59.5 Å². The Kier molecular flexibility index (Phi) is 8.36. The molecule has 0 bridgehead atoms. The van der Waals surface area contributed by atoms with Crippen molar-refractivity contribution in [3.63, 3.8) is 0 Å². The molecule has 4 rings (SSSR count). The number of rotatable bonds is 6. The number of para-hydroxylation sites is 2. The van der Waals surface area contributed by atoms with Crippen molar-refractivity contribution in [1.29, 1.82) is 0 Å². The van der Waals surface area contributed by atoms with Crippen LogP contribution in [0.5, 0.6) is 0 Å². The van der Waals surface area contributed by atoms with E-state index in [4.69, 9.17) is 0 Å². The molecule has 4 amide bonds. The van der Waals surface area contributed by atoms with E-state index in [-0.39, 0.29) is 23.8 Å². The minimum atomic E-state index is -0.115. The summed E-state index contributed by atoms with van der Waals surface area (Å²) in [5.41, 5.74) is 2.77. The summed E-state index contributed by atoms with van der Waals surface area (Å²) in [6.45, 7) is 6.20. The third-order valence-electron chi connectivity index (χ3n) is 6.88. The molecule has 8 nitrogen and oxygen atoms in total. The summed E-state index contributed by atoms with van der Waals surface area (Å²) in [7, 11) is 0. The van der Waals surface area contributed by atoms with Gasteiger partial charge in [-0.3, -0.25) is 14.5 Å². The molecule has 2 heterocycles. The zero-order chi connectivity index (χ0) is 24.6. The van der Waals surface area contributed by atoms with E-state index in [9.17, 15) is 14.4 Å². The Balaban J connectivity index is 1.18. The second-order valence-corrected chi connectivity index (χ2v) is 9.22. The van der Waals surface area contributed by atoms with Gasteiger partial charge < -0.3 is 20.4 Å². The SMILES string of the molecule is CCc1ccccc1NC(=O)CN1CCN(C(=O)C2CCN(C(=O)Nc3ccccc3)CC2)CC1. The smallest absolute Gasteiger partial charge is 0.321 e. The zero-order valence-electron chi connectivity index (χ0n) is 20.4. The molecule has 2 fully saturated rings. The number of urea groups is 1. The summed E-state index contributed by atoms with van der Waals surface area (Å²) in [6, 6.07) is 17.2. The minimum absolute atomic E-state index is 0.0215. The predicted molar refractivity (Wildman–Crippen MR) is 137 cm³/mol.